The number of rotatable bonds is 4. The zero-order valence-electron chi connectivity index (χ0n) is 10.5. The minimum Gasteiger partial charge on any atom is -0.492 e. The van der Waals surface area contributed by atoms with Gasteiger partial charge >= 0.3 is 0 Å². The van der Waals surface area contributed by atoms with Crippen molar-refractivity contribution in [3.63, 3.8) is 0 Å². The van der Waals surface area contributed by atoms with Crippen molar-refractivity contribution in [3.8, 4) is 17.2 Å². The summed E-state index contributed by atoms with van der Waals surface area (Å²) in [5.74, 6) is 1.39. The number of benzene rings is 2. The summed E-state index contributed by atoms with van der Waals surface area (Å²) >= 11 is 0. The molecule has 2 rings (SSSR count). The van der Waals surface area contributed by atoms with Crippen LogP contribution in [0.2, 0.25) is 0 Å². The summed E-state index contributed by atoms with van der Waals surface area (Å²) in [5.41, 5.74) is 0.464. The fourth-order valence-electron chi connectivity index (χ4n) is 2.09. The Morgan fingerprint density at radius 1 is 0.833 bits per heavy atom. The first-order valence-electron chi connectivity index (χ1n) is 5.44. The molecule has 0 aromatic heterocycles. The van der Waals surface area contributed by atoms with E-state index in [1.807, 2.05) is 24.3 Å². The van der Waals surface area contributed by atoms with Gasteiger partial charge < -0.3 is 14.2 Å². The van der Waals surface area contributed by atoms with E-state index in [9.17, 15) is 4.79 Å². The molecular weight excluding hydrogens is 232 g/mol. The third kappa shape index (κ3) is 1.66. The van der Waals surface area contributed by atoms with Crippen LogP contribution < -0.4 is 14.2 Å². The van der Waals surface area contributed by atoms with Crippen LogP contribution >= 0.6 is 0 Å². The van der Waals surface area contributed by atoms with Gasteiger partial charge in [0.2, 0.25) is 5.75 Å². The van der Waals surface area contributed by atoms with Crippen molar-refractivity contribution in [2.75, 3.05) is 21.3 Å². The summed E-state index contributed by atoms with van der Waals surface area (Å²) in [5, 5.41) is 1.60. The summed E-state index contributed by atoms with van der Waals surface area (Å²) in [6.45, 7) is 0. The zero-order valence-corrected chi connectivity index (χ0v) is 10.5. The normalized spacial score (nSPS) is 10.2. The highest BCUT2D eigenvalue weighted by Gasteiger charge is 2.20. The number of hydrogen-bond donors (Lipinski definition) is 0. The molecule has 4 heteroatoms. The van der Waals surface area contributed by atoms with Crippen LogP contribution in [0.15, 0.2) is 24.3 Å². The van der Waals surface area contributed by atoms with Gasteiger partial charge in [0, 0.05) is 5.39 Å². The van der Waals surface area contributed by atoms with E-state index >= 15 is 0 Å². The monoisotopic (exact) mass is 246 g/mol. The lowest BCUT2D eigenvalue weighted by Crippen LogP contribution is -2.00. The fourth-order valence-corrected chi connectivity index (χ4v) is 2.09. The Labute approximate surface area is 105 Å². The molecule has 2 aromatic carbocycles. The maximum atomic E-state index is 11.3. The standard InChI is InChI=1S/C14H14O4/c1-16-12-10-7-5-4-6-9(10)11(8-15)13(17-2)14(12)18-3/h4-8H,1-3H3. The number of hydrogen-bond acceptors (Lipinski definition) is 4. The molecule has 0 heterocycles. The Morgan fingerprint density at radius 3 is 1.89 bits per heavy atom. The Morgan fingerprint density at radius 2 is 1.39 bits per heavy atom. The van der Waals surface area contributed by atoms with Gasteiger partial charge in [-0.3, -0.25) is 4.79 Å². The summed E-state index contributed by atoms with van der Waals surface area (Å²) in [4.78, 5) is 11.3. The van der Waals surface area contributed by atoms with Gasteiger partial charge in [-0.05, 0) is 5.39 Å². The van der Waals surface area contributed by atoms with Crippen molar-refractivity contribution in [2.45, 2.75) is 0 Å². The summed E-state index contributed by atoms with van der Waals surface area (Å²) < 4.78 is 15.9. The van der Waals surface area contributed by atoms with Crippen molar-refractivity contribution in [1.82, 2.24) is 0 Å². The molecule has 94 valence electrons. The van der Waals surface area contributed by atoms with E-state index in [0.29, 0.717) is 22.8 Å². The number of carbonyl (C=O) groups is 1. The minimum absolute atomic E-state index is 0.392. The van der Waals surface area contributed by atoms with Crippen LogP contribution in [0.25, 0.3) is 10.8 Å². The van der Waals surface area contributed by atoms with Gasteiger partial charge in [-0.1, -0.05) is 24.3 Å². The van der Waals surface area contributed by atoms with Gasteiger partial charge in [-0.25, -0.2) is 0 Å². The lowest BCUT2D eigenvalue weighted by molar-refractivity contribution is 0.112. The molecule has 0 fully saturated rings. The number of fused-ring (bicyclic) bond motifs is 1. The van der Waals surface area contributed by atoms with E-state index < -0.39 is 0 Å². The third-order valence-corrected chi connectivity index (χ3v) is 2.85. The van der Waals surface area contributed by atoms with Gasteiger partial charge in [0.05, 0.1) is 26.9 Å². The molecule has 0 N–H and O–H groups in total. The molecule has 0 atom stereocenters. The van der Waals surface area contributed by atoms with Crippen LogP contribution in [0.4, 0.5) is 0 Å². The zero-order chi connectivity index (χ0) is 13.1. The third-order valence-electron chi connectivity index (χ3n) is 2.85. The van der Waals surface area contributed by atoms with Crippen molar-refractivity contribution < 1.29 is 19.0 Å². The maximum Gasteiger partial charge on any atom is 0.204 e. The predicted molar refractivity (Wildman–Crippen MR) is 69.0 cm³/mol. The largest absolute Gasteiger partial charge is 0.492 e. The Balaban J connectivity index is 2.99. The molecule has 0 radical (unpaired) electrons. The van der Waals surface area contributed by atoms with E-state index in [1.165, 1.54) is 14.2 Å². The van der Waals surface area contributed by atoms with Crippen LogP contribution in [0, 0.1) is 0 Å². The van der Waals surface area contributed by atoms with E-state index in [1.54, 1.807) is 7.11 Å². The van der Waals surface area contributed by atoms with Crippen LogP contribution in [-0.2, 0) is 0 Å². The number of carbonyl (C=O) groups excluding carboxylic acids is 1. The second kappa shape index (κ2) is 4.96. The average Bonchev–Trinajstić information content (AvgIpc) is 2.44. The molecule has 0 spiro atoms. The molecule has 4 nitrogen and oxygen atoms in total. The lowest BCUT2D eigenvalue weighted by Gasteiger charge is -2.16. The molecule has 0 saturated carbocycles. The summed E-state index contributed by atoms with van der Waals surface area (Å²) in [7, 11) is 4.58. The van der Waals surface area contributed by atoms with E-state index in [4.69, 9.17) is 14.2 Å². The second-order valence-corrected chi connectivity index (χ2v) is 3.68. The SMILES string of the molecule is COc1c(OC)c(OC)c2ccccc2c1C=O. The van der Waals surface area contributed by atoms with Crippen LogP contribution in [0.1, 0.15) is 10.4 Å². The molecular formula is C14H14O4. The first kappa shape index (κ1) is 12.2. The van der Waals surface area contributed by atoms with Crippen molar-refractivity contribution in [1.29, 1.82) is 0 Å². The van der Waals surface area contributed by atoms with Crippen LogP contribution in [-0.4, -0.2) is 27.6 Å². The second-order valence-electron chi connectivity index (χ2n) is 3.68. The first-order chi connectivity index (χ1) is 8.78. The Kier molecular flexibility index (Phi) is 3.37. The minimum atomic E-state index is 0.392. The highest BCUT2D eigenvalue weighted by atomic mass is 16.5. The van der Waals surface area contributed by atoms with Crippen molar-refractivity contribution >= 4 is 17.1 Å². The summed E-state index contributed by atoms with van der Waals surface area (Å²) in [6, 6.07) is 7.47. The van der Waals surface area contributed by atoms with Gasteiger partial charge in [-0.2, -0.15) is 0 Å². The van der Waals surface area contributed by atoms with Crippen LogP contribution in [0.3, 0.4) is 0 Å². The highest BCUT2D eigenvalue weighted by Crippen LogP contribution is 2.45. The topological polar surface area (TPSA) is 44.8 Å². The molecule has 2 aromatic rings. The maximum absolute atomic E-state index is 11.3. The van der Waals surface area contributed by atoms with Crippen LogP contribution in [0.5, 0.6) is 17.2 Å². The predicted octanol–water partition coefficient (Wildman–Crippen LogP) is 2.68. The highest BCUT2D eigenvalue weighted by molar-refractivity contribution is 6.05. The van der Waals surface area contributed by atoms with E-state index in [-0.39, 0.29) is 0 Å². The van der Waals surface area contributed by atoms with Gasteiger partial charge in [0.1, 0.15) is 0 Å². The molecule has 0 aliphatic heterocycles. The molecule has 18 heavy (non-hydrogen) atoms. The lowest BCUT2D eigenvalue weighted by atomic mass is 10.0. The van der Waals surface area contributed by atoms with Gasteiger partial charge in [0.15, 0.2) is 17.8 Å². The smallest absolute Gasteiger partial charge is 0.204 e. The number of methoxy groups -OCH3 is 3. The van der Waals surface area contributed by atoms with Crippen molar-refractivity contribution in [2.24, 2.45) is 0 Å². The molecule has 0 aliphatic carbocycles. The Hall–Kier alpha value is -2.23. The van der Waals surface area contributed by atoms with Crippen molar-refractivity contribution in [3.05, 3.63) is 29.8 Å². The molecule has 0 aliphatic rings. The molecule has 0 bridgehead atoms. The molecule has 0 saturated heterocycles. The fraction of sp³-hybridized carbons (Fsp3) is 0.214. The molecule has 0 amide bonds. The first-order valence-corrected chi connectivity index (χ1v) is 5.44. The molecule has 0 unspecified atom stereocenters. The van der Waals surface area contributed by atoms with Gasteiger partial charge in [-0.15, -0.1) is 0 Å². The average molecular weight is 246 g/mol. The van der Waals surface area contributed by atoms with E-state index in [2.05, 4.69) is 0 Å². The summed E-state index contributed by atoms with van der Waals surface area (Å²) in [6.07, 6.45) is 0.767. The van der Waals surface area contributed by atoms with Gasteiger partial charge in [0.25, 0.3) is 0 Å². The quantitative estimate of drug-likeness (QED) is 0.778. The number of ether oxygens (including phenoxy) is 3. The Bertz CT molecular complexity index is 590. The van der Waals surface area contributed by atoms with E-state index in [0.717, 1.165) is 17.1 Å². The number of aldehydes is 1.